The number of hydrogen-bond acceptors (Lipinski definition) is 4. The maximum absolute atomic E-state index is 8.99. The third-order valence-electron chi connectivity index (χ3n) is 2.22. The summed E-state index contributed by atoms with van der Waals surface area (Å²) >= 11 is 0. The Labute approximate surface area is 91.0 Å². The number of aliphatic hydroxyl groups is 1. The third-order valence-corrected chi connectivity index (χ3v) is 2.22. The van der Waals surface area contributed by atoms with E-state index in [1.807, 2.05) is 0 Å². The van der Waals surface area contributed by atoms with Gasteiger partial charge in [-0.3, -0.25) is 4.98 Å². The molecule has 1 aromatic heterocycles. The number of aromatic nitrogens is 2. The van der Waals surface area contributed by atoms with Crippen molar-refractivity contribution in [2.24, 2.45) is 0 Å². The summed E-state index contributed by atoms with van der Waals surface area (Å²) in [6.45, 7) is 7.30. The number of rotatable bonds is 5. The molecule has 0 saturated carbocycles. The smallest absolute Gasteiger partial charge is 0.147 e. The van der Waals surface area contributed by atoms with Crippen molar-refractivity contribution in [2.75, 3.05) is 11.4 Å². The van der Waals surface area contributed by atoms with Gasteiger partial charge in [0.05, 0.1) is 24.7 Å². The van der Waals surface area contributed by atoms with Crippen LogP contribution >= 0.6 is 0 Å². The topological polar surface area (TPSA) is 49.2 Å². The minimum Gasteiger partial charge on any atom is -0.390 e. The molecule has 1 rings (SSSR count). The van der Waals surface area contributed by atoms with Gasteiger partial charge in [0, 0.05) is 12.6 Å². The van der Waals surface area contributed by atoms with Crippen molar-refractivity contribution in [3.05, 3.63) is 18.1 Å². The van der Waals surface area contributed by atoms with E-state index in [1.165, 1.54) is 0 Å². The van der Waals surface area contributed by atoms with Crippen LogP contribution in [0, 0.1) is 0 Å². The predicted octanol–water partition coefficient (Wildman–Crippen LogP) is 1.59. The average molecular weight is 209 g/mol. The first-order chi connectivity index (χ1) is 7.19. The molecule has 0 unspecified atom stereocenters. The van der Waals surface area contributed by atoms with E-state index in [2.05, 4.69) is 35.6 Å². The van der Waals surface area contributed by atoms with Crippen molar-refractivity contribution in [1.82, 2.24) is 9.97 Å². The highest BCUT2D eigenvalue weighted by Gasteiger charge is 2.11. The lowest BCUT2D eigenvalue weighted by Crippen LogP contribution is -2.32. The van der Waals surface area contributed by atoms with Crippen LogP contribution in [-0.2, 0) is 6.61 Å². The van der Waals surface area contributed by atoms with Gasteiger partial charge in [-0.05, 0) is 20.3 Å². The van der Waals surface area contributed by atoms with E-state index in [1.54, 1.807) is 12.4 Å². The van der Waals surface area contributed by atoms with Crippen molar-refractivity contribution < 1.29 is 5.11 Å². The number of aliphatic hydroxyl groups excluding tert-OH is 1. The normalized spacial score (nSPS) is 10.7. The highest BCUT2D eigenvalue weighted by molar-refractivity contribution is 5.37. The van der Waals surface area contributed by atoms with Crippen LogP contribution in [0.4, 0.5) is 5.82 Å². The molecule has 0 atom stereocenters. The standard InChI is InChI=1S/C11H19N3O/c1-4-5-14(9(2)3)11-7-12-6-10(8-15)13-11/h6-7,9,15H,4-5,8H2,1-3H3. The minimum absolute atomic E-state index is 0.0566. The van der Waals surface area contributed by atoms with E-state index < -0.39 is 0 Å². The second-order valence-electron chi connectivity index (χ2n) is 3.81. The summed E-state index contributed by atoms with van der Waals surface area (Å²) in [5.41, 5.74) is 0.620. The first-order valence-corrected chi connectivity index (χ1v) is 5.37. The van der Waals surface area contributed by atoms with Gasteiger partial charge in [-0.25, -0.2) is 4.98 Å². The number of anilines is 1. The Morgan fingerprint density at radius 2 is 2.13 bits per heavy atom. The fourth-order valence-corrected chi connectivity index (χ4v) is 1.49. The predicted molar refractivity (Wildman–Crippen MR) is 60.7 cm³/mol. The Bertz CT molecular complexity index is 302. The van der Waals surface area contributed by atoms with Gasteiger partial charge in [-0.15, -0.1) is 0 Å². The maximum Gasteiger partial charge on any atom is 0.147 e. The zero-order chi connectivity index (χ0) is 11.3. The summed E-state index contributed by atoms with van der Waals surface area (Å²) in [5.74, 6) is 0.846. The highest BCUT2D eigenvalue weighted by Crippen LogP contribution is 2.13. The molecule has 4 nitrogen and oxygen atoms in total. The summed E-state index contributed by atoms with van der Waals surface area (Å²) in [6, 6.07) is 0.396. The van der Waals surface area contributed by atoms with E-state index >= 15 is 0 Å². The quantitative estimate of drug-likeness (QED) is 0.800. The third kappa shape index (κ3) is 3.16. The van der Waals surface area contributed by atoms with Crippen molar-refractivity contribution in [3.63, 3.8) is 0 Å². The van der Waals surface area contributed by atoms with Crippen LogP contribution in [0.15, 0.2) is 12.4 Å². The van der Waals surface area contributed by atoms with Gasteiger partial charge in [0.25, 0.3) is 0 Å². The highest BCUT2D eigenvalue weighted by atomic mass is 16.3. The molecule has 0 spiro atoms. The number of hydrogen-bond donors (Lipinski definition) is 1. The molecular formula is C11H19N3O. The van der Waals surface area contributed by atoms with Gasteiger partial charge >= 0.3 is 0 Å². The molecule has 0 aliphatic heterocycles. The van der Waals surface area contributed by atoms with E-state index in [0.29, 0.717) is 11.7 Å². The molecule has 0 bridgehead atoms. The van der Waals surface area contributed by atoms with Crippen LogP contribution in [0.3, 0.4) is 0 Å². The fourth-order valence-electron chi connectivity index (χ4n) is 1.49. The Balaban J connectivity index is 2.89. The molecule has 0 fully saturated rings. The zero-order valence-corrected chi connectivity index (χ0v) is 9.64. The minimum atomic E-state index is -0.0566. The molecular weight excluding hydrogens is 190 g/mol. The Hall–Kier alpha value is -1.16. The molecule has 15 heavy (non-hydrogen) atoms. The lowest BCUT2D eigenvalue weighted by Gasteiger charge is -2.27. The van der Waals surface area contributed by atoms with Crippen molar-refractivity contribution in [1.29, 1.82) is 0 Å². The summed E-state index contributed by atoms with van der Waals surface area (Å²) in [5, 5.41) is 8.99. The molecule has 1 N–H and O–H groups in total. The fraction of sp³-hybridized carbons (Fsp3) is 0.636. The second-order valence-corrected chi connectivity index (χ2v) is 3.81. The summed E-state index contributed by atoms with van der Waals surface area (Å²) in [7, 11) is 0. The molecule has 4 heteroatoms. The van der Waals surface area contributed by atoms with Crippen molar-refractivity contribution in [3.8, 4) is 0 Å². The van der Waals surface area contributed by atoms with E-state index in [4.69, 9.17) is 5.11 Å². The Kier molecular flexibility index (Phi) is 4.49. The van der Waals surface area contributed by atoms with Gasteiger partial charge in [0.15, 0.2) is 0 Å². The Morgan fingerprint density at radius 1 is 1.40 bits per heavy atom. The van der Waals surface area contributed by atoms with Crippen LogP contribution in [0.2, 0.25) is 0 Å². The van der Waals surface area contributed by atoms with Gasteiger partial charge < -0.3 is 10.0 Å². The van der Waals surface area contributed by atoms with E-state index in [9.17, 15) is 0 Å². The molecule has 84 valence electrons. The summed E-state index contributed by atoms with van der Waals surface area (Å²) in [6.07, 6.45) is 4.41. The first-order valence-electron chi connectivity index (χ1n) is 5.37. The molecule has 0 saturated heterocycles. The van der Waals surface area contributed by atoms with Gasteiger partial charge in [-0.2, -0.15) is 0 Å². The van der Waals surface area contributed by atoms with E-state index in [0.717, 1.165) is 18.8 Å². The largest absolute Gasteiger partial charge is 0.390 e. The van der Waals surface area contributed by atoms with Crippen LogP contribution in [0.25, 0.3) is 0 Å². The molecule has 0 aromatic carbocycles. The molecule has 1 aromatic rings. The molecule has 0 amide bonds. The first kappa shape index (κ1) is 11.9. The lowest BCUT2D eigenvalue weighted by atomic mass is 10.3. The van der Waals surface area contributed by atoms with Gasteiger partial charge in [0.1, 0.15) is 5.82 Å². The van der Waals surface area contributed by atoms with Gasteiger partial charge in [0.2, 0.25) is 0 Å². The van der Waals surface area contributed by atoms with Crippen LogP contribution in [0.5, 0.6) is 0 Å². The van der Waals surface area contributed by atoms with Gasteiger partial charge in [-0.1, -0.05) is 6.92 Å². The SMILES string of the molecule is CCCN(c1cncc(CO)n1)C(C)C. The molecule has 0 radical (unpaired) electrons. The van der Waals surface area contributed by atoms with Crippen LogP contribution in [0.1, 0.15) is 32.9 Å². The van der Waals surface area contributed by atoms with Crippen LogP contribution < -0.4 is 4.90 Å². The molecule has 0 aliphatic carbocycles. The number of nitrogens with zero attached hydrogens (tertiary/aromatic N) is 3. The second kappa shape index (κ2) is 5.66. The van der Waals surface area contributed by atoms with Crippen molar-refractivity contribution in [2.45, 2.75) is 39.8 Å². The lowest BCUT2D eigenvalue weighted by molar-refractivity contribution is 0.276. The maximum atomic E-state index is 8.99. The monoisotopic (exact) mass is 209 g/mol. The average Bonchev–Trinajstić information content (AvgIpc) is 2.25. The summed E-state index contributed by atoms with van der Waals surface area (Å²) in [4.78, 5) is 10.6. The molecule has 1 heterocycles. The summed E-state index contributed by atoms with van der Waals surface area (Å²) < 4.78 is 0. The molecule has 0 aliphatic rings. The van der Waals surface area contributed by atoms with E-state index in [-0.39, 0.29) is 6.61 Å². The van der Waals surface area contributed by atoms with Crippen molar-refractivity contribution >= 4 is 5.82 Å². The zero-order valence-electron chi connectivity index (χ0n) is 9.64. The van der Waals surface area contributed by atoms with Crippen LogP contribution in [-0.4, -0.2) is 27.7 Å². The Morgan fingerprint density at radius 3 is 2.67 bits per heavy atom.